The summed E-state index contributed by atoms with van der Waals surface area (Å²) in [5.41, 5.74) is 1.68. The Morgan fingerprint density at radius 1 is 0.882 bits per heavy atom. The molecular formula is C26H22ClNO5S. The summed E-state index contributed by atoms with van der Waals surface area (Å²) in [6.45, 7) is 0.644. The number of rotatable bonds is 9. The minimum atomic E-state index is -0.355. The highest BCUT2D eigenvalue weighted by Crippen LogP contribution is 2.34. The number of methoxy groups -OCH3 is 1. The maximum absolute atomic E-state index is 12.9. The largest absolute Gasteiger partial charge is 0.493 e. The molecule has 0 radical (unpaired) electrons. The molecule has 4 rings (SSSR count). The van der Waals surface area contributed by atoms with E-state index >= 15 is 0 Å². The van der Waals surface area contributed by atoms with Crippen LogP contribution in [0.3, 0.4) is 0 Å². The molecule has 0 atom stereocenters. The highest BCUT2D eigenvalue weighted by atomic mass is 35.5. The van der Waals surface area contributed by atoms with Crippen molar-refractivity contribution in [2.45, 2.75) is 6.61 Å². The normalized spacial score (nSPS) is 14.5. The van der Waals surface area contributed by atoms with Crippen LogP contribution >= 0.6 is 23.4 Å². The number of para-hydroxylation sites is 3. The summed E-state index contributed by atoms with van der Waals surface area (Å²) in [7, 11) is 1.56. The first kappa shape index (κ1) is 23.7. The van der Waals surface area contributed by atoms with Gasteiger partial charge in [-0.15, -0.1) is 0 Å². The maximum Gasteiger partial charge on any atom is 0.293 e. The molecule has 1 aliphatic rings. The molecule has 1 heterocycles. The van der Waals surface area contributed by atoms with Gasteiger partial charge >= 0.3 is 0 Å². The molecule has 1 aliphatic heterocycles. The summed E-state index contributed by atoms with van der Waals surface area (Å²) in [5, 5.41) is 0.327. The Labute approximate surface area is 207 Å². The van der Waals surface area contributed by atoms with Crippen molar-refractivity contribution in [2.24, 2.45) is 0 Å². The third kappa shape index (κ3) is 5.73. The van der Waals surface area contributed by atoms with E-state index in [1.165, 1.54) is 4.90 Å². The Morgan fingerprint density at radius 3 is 2.29 bits per heavy atom. The van der Waals surface area contributed by atoms with Crippen LogP contribution in [0.4, 0.5) is 4.79 Å². The van der Waals surface area contributed by atoms with Gasteiger partial charge in [0, 0.05) is 10.6 Å². The van der Waals surface area contributed by atoms with Gasteiger partial charge in [0.2, 0.25) is 0 Å². The molecule has 0 N–H and O–H groups in total. The van der Waals surface area contributed by atoms with Crippen molar-refractivity contribution in [3.05, 3.63) is 93.9 Å². The number of nitrogens with zero attached hydrogens (tertiary/aromatic N) is 1. The van der Waals surface area contributed by atoms with Crippen LogP contribution in [0.1, 0.15) is 11.1 Å². The van der Waals surface area contributed by atoms with Gasteiger partial charge in [-0.3, -0.25) is 14.5 Å². The Kier molecular flexibility index (Phi) is 7.77. The molecule has 0 aliphatic carbocycles. The van der Waals surface area contributed by atoms with Gasteiger partial charge in [0.05, 0.1) is 18.6 Å². The van der Waals surface area contributed by atoms with E-state index in [0.717, 1.165) is 17.3 Å². The summed E-state index contributed by atoms with van der Waals surface area (Å²) >= 11 is 6.84. The van der Waals surface area contributed by atoms with Gasteiger partial charge < -0.3 is 14.2 Å². The Bertz CT molecular complexity index is 1210. The van der Waals surface area contributed by atoms with Crippen LogP contribution in [0.5, 0.6) is 17.2 Å². The molecule has 8 heteroatoms. The summed E-state index contributed by atoms with van der Waals surface area (Å²) < 4.78 is 16.9. The molecule has 34 heavy (non-hydrogen) atoms. The molecule has 1 saturated heterocycles. The lowest BCUT2D eigenvalue weighted by Gasteiger charge is -2.14. The molecule has 174 valence electrons. The third-order valence-electron chi connectivity index (χ3n) is 5.03. The van der Waals surface area contributed by atoms with Crippen LogP contribution in [0.2, 0.25) is 5.02 Å². The first-order chi connectivity index (χ1) is 16.5. The lowest BCUT2D eigenvalue weighted by Crippen LogP contribution is -2.32. The van der Waals surface area contributed by atoms with Crippen molar-refractivity contribution in [3.8, 4) is 17.2 Å². The first-order valence-electron chi connectivity index (χ1n) is 10.5. The molecule has 0 aromatic heterocycles. The van der Waals surface area contributed by atoms with Gasteiger partial charge in [-0.05, 0) is 53.7 Å². The van der Waals surface area contributed by atoms with E-state index in [0.29, 0.717) is 39.3 Å². The average molecular weight is 496 g/mol. The van der Waals surface area contributed by atoms with Gasteiger partial charge in [0.15, 0.2) is 11.5 Å². The molecular weight excluding hydrogens is 474 g/mol. The van der Waals surface area contributed by atoms with E-state index in [-0.39, 0.29) is 24.3 Å². The molecule has 0 saturated carbocycles. The predicted molar refractivity (Wildman–Crippen MR) is 133 cm³/mol. The van der Waals surface area contributed by atoms with Crippen LogP contribution in [0, 0.1) is 0 Å². The average Bonchev–Trinajstić information content (AvgIpc) is 3.12. The summed E-state index contributed by atoms with van der Waals surface area (Å²) in [4.78, 5) is 26.9. The zero-order chi connectivity index (χ0) is 23.9. The molecule has 1 fully saturated rings. The van der Waals surface area contributed by atoms with E-state index in [1.807, 2.05) is 48.5 Å². The zero-order valence-electron chi connectivity index (χ0n) is 18.4. The topological polar surface area (TPSA) is 65.1 Å². The number of hydrogen-bond donors (Lipinski definition) is 0. The number of hydrogen-bond acceptors (Lipinski definition) is 6. The Morgan fingerprint density at radius 2 is 1.56 bits per heavy atom. The molecule has 0 spiro atoms. The second kappa shape index (κ2) is 11.1. The summed E-state index contributed by atoms with van der Waals surface area (Å²) in [5.74, 6) is 1.40. The molecule has 6 nitrogen and oxygen atoms in total. The SMILES string of the molecule is COc1ccccc1OCCN1C(=O)S/C(=C\c2ccccc2OCc2ccc(Cl)cc2)C1=O. The Hall–Kier alpha value is -3.42. The summed E-state index contributed by atoms with van der Waals surface area (Å²) in [6.07, 6.45) is 1.68. The van der Waals surface area contributed by atoms with Gasteiger partial charge in [-0.25, -0.2) is 0 Å². The predicted octanol–water partition coefficient (Wildman–Crippen LogP) is 6.04. The van der Waals surface area contributed by atoms with Crippen molar-refractivity contribution < 1.29 is 23.8 Å². The number of thioether (sulfide) groups is 1. The first-order valence-corrected chi connectivity index (χ1v) is 11.7. The highest BCUT2D eigenvalue weighted by molar-refractivity contribution is 8.18. The van der Waals surface area contributed by atoms with Crippen LogP contribution in [-0.2, 0) is 11.4 Å². The number of ether oxygens (including phenoxy) is 3. The summed E-state index contributed by atoms with van der Waals surface area (Å²) in [6, 6.07) is 22.0. The standard InChI is InChI=1S/C26H22ClNO5S/c1-31-22-8-4-5-9-23(22)32-15-14-28-25(29)24(34-26(28)30)16-19-6-2-3-7-21(19)33-17-18-10-12-20(27)13-11-18/h2-13,16H,14-15,17H2,1H3/b24-16-. The molecule has 0 bridgehead atoms. The van der Waals surface area contributed by atoms with E-state index in [2.05, 4.69) is 0 Å². The minimum absolute atomic E-state index is 0.134. The molecule has 3 aromatic rings. The minimum Gasteiger partial charge on any atom is -0.493 e. The van der Waals surface area contributed by atoms with Crippen molar-refractivity contribution in [3.63, 3.8) is 0 Å². The molecule has 2 amide bonds. The van der Waals surface area contributed by atoms with Crippen LogP contribution in [-0.4, -0.2) is 36.3 Å². The van der Waals surface area contributed by atoms with Gasteiger partial charge in [-0.2, -0.15) is 0 Å². The number of carbonyl (C=O) groups excluding carboxylic acids is 2. The second-order valence-corrected chi connectivity index (χ2v) is 8.72. The smallest absolute Gasteiger partial charge is 0.293 e. The van der Waals surface area contributed by atoms with E-state index in [4.69, 9.17) is 25.8 Å². The number of imide groups is 1. The van der Waals surface area contributed by atoms with Crippen molar-refractivity contribution in [2.75, 3.05) is 20.3 Å². The monoisotopic (exact) mass is 495 g/mol. The number of carbonyl (C=O) groups is 2. The fourth-order valence-corrected chi connectivity index (χ4v) is 4.27. The quantitative estimate of drug-likeness (QED) is 0.337. The fourth-order valence-electron chi connectivity index (χ4n) is 3.29. The van der Waals surface area contributed by atoms with Crippen LogP contribution in [0.15, 0.2) is 77.7 Å². The molecule has 0 unspecified atom stereocenters. The van der Waals surface area contributed by atoms with E-state index in [9.17, 15) is 9.59 Å². The van der Waals surface area contributed by atoms with E-state index in [1.54, 1.807) is 37.5 Å². The van der Waals surface area contributed by atoms with Gasteiger partial charge in [0.1, 0.15) is 19.0 Å². The molecule has 3 aromatic carbocycles. The van der Waals surface area contributed by atoms with Crippen molar-refractivity contribution >= 4 is 40.6 Å². The number of halogens is 1. The highest BCUT2D eigenvalue weighted by Gasteiger charge is 2.35. The lowest BCUT2D eigenvalue weighted by atomic mass is 10.1. The van der Waals surface area contributed by atoms with Crippen LogP contribution < -0.4 is 14.2 Å². The van der Waals surface area contributed by atoms with Gasteiger partial charge in [-0.1, -0.05) is 54.1 Å². The Balaban J connectivity index is 1.41. The third-order valence-corrected chi connectivity index (χ3v) is 6.19. The zero-order valence-corrected chi connectivity index (χ0v) is 20.0. The van der Waals surface area contributed by atoms with Crippen molar-refractivity contribution in [1.29, 1.82) is 0 Å². The maximum atomic E-state index is 12.9. The van der Waals surface area contributed by atoms with Crippen LogP contribution in [0.25, 0.3) is 6.08 Å². The van der Waals surface area contributed by atoms with E-state index < -0.39 is 0 Å². The number of benzene rings is 3. The lowest BCUT2D eigenvalue weighted by molar-refractivity contribution is -0.123. The van der Waals surface area contributed by atoms with Gasteiger partial charge in [0.25, 0.3) is 11.1 Å². The fraction of sp³-hybridized carbons (Fsp3) is 0.154. The second-order valence-electron chi connectivity index (χ2n) is 7.29. The van der Waals surface area contributed by atoms with Crippen molar-refractivity contribution in [1.82, 2.24) is 4.90 Å². The number of amides is 2.